The van der Waals surface area contributed by atoms with Crippen molar-refractivity contribution in [2.75, 3.05) is 7.11 Å². The number of esters is 1. The normalized spacial score (nSPS) is 10.2. The van der Waals surface area contributed by atoms with Crippen LogP contribution in [0.15, 0.2) is 42.5 Å². The number of carbonyl (C=O) groups excluding carboxylic acids is 1. The summed E-state index contributed by atoms with van der Waals surface area (Å²) >= 11 is 0. The molecule has 110 valence electrons. The lowest BCUT2D eigenvalue weighted by atomic mass is 10.1. The zero-order chi connectivity index (χ0) is 15.2. The van der Waals surface area contributed by atoms with Crippen molar-refractivity contribution in [2.45, 2.75) is 13.0 Å². The first-order valence-electron chi connectivity index (χ1n) is 6.31. The molecule has 0 heterocycles. The third kappa shape index (κ3) is 4.02. The molecule has 0 aliphatic rings. The number of hydrogen-bond acceptors (Lipinski definition) is 3. The Labute approximate surface area is 121 Å². The van der Waals surface area contributed by atoms with Crippen LogP contribution in [0.2, 0.25) is 0 Å². The number of hydrogen-bond donors (Lipinski definition) is 0. The number of carbonyl (C=O) groups is 1. The molecule has 0 N–H and O–H groups in total. The van der Waals surface area contributed by atoms with Gasteiger partial charge in [0.1, 0.15) is 12.4 Å². The number of halogens is 2. The average molecular weight is 292 g/mol. The van der Waals surface area contributed by atoms with Gasteiger partial charge in [-0.15, -0.1) is 0 Å². The lowest BCUT2D eigenvalue weighted by Crippen LogP contribution is -2.08. The Morgan fingerprint density at radius 3 is 2.52 bits per heavy atom. The summed E-state index contributed by atoms with van der Waals surface area (Å²) in [6.45, 7) is 0.0353. The van der Waals surface area contributed by atoms with Crippen molar-refractivity contribution in [3.8, 4) is 5.75 Å². The van der Waals surface area contributed by atoms with Crippen LogP contribution in [-0.2, 0) is 22.6 Å². The molecule has 3 nitrogen and oxygen atoms in total. The van der Waals surface area contributed by atoms with Crippen LogP contribution in [0.1, 0.15) is 11.1 Å². The fourth-order valence-electron chi connectivity index (χ4n) is 1.84. The minimum atomic E-state index is -0.637. The largest absolute Gasteiger partial charge is 0.486 e. The van der Waals surface area contributed by atoms with E-state index in [-0.39, 0.29) is 24.7 Å². The highest BCUT2D eigenvalue weighted by Gasteiger charge is 2.10. The summed E-state index contributed by atoms with van der Waals surface area (Å²) in [6.07, 6.45) is 0.0989. The number of ether oxygens (including phenoxy) is 2. The molecule has 0 saturated heterocycles. The molecule has 0 saturated carbocycles. The zero-order valence-corrected chi connectivity index (χ0v) is 11.4. The predicted molar refractivity (Wildman–Crippen MR) is 72.9 cm³/mol. The molecule has 0 aliphatic heterocycles. The molecule has 0 unspecified atom stereocenters. The van der Waals surface area contributed by atoms with E-state index in [1.807, 2.05) is 0 Å². The van der Waals surface area contributed by atoms with E-state index < -0.39 is 11.6 Å². The van der Waals surface area contributed by atoms with E-state index in [4.69, 9.17) is 4.74 Å². The second-order valence-corrected chi connectivity index (χ2v) is 4.39. The second-order valence-electron chi connectivity index (χ2n) is 4.39. The van der Waals surface area contributed by atoms with Crippen LogP contribution < -0.4 is 4.74 Å². The molecule has 0 spiro atoms. The maximum Gasteiger partial charge on any atom is 0.309 e. The summed E-state index contributed by atoms with van der Waals surface area (Å²) in [6, 6.07) is 10.1. The lowest BCUT2D eigenvalue weighted by Gasteiger charge is -2.11. The smallest absolute Gasteiger partial charge is 0.309 e. The maximum atomic E-state index is 13.5. The van der Waals surface area contributed by atoms with Crippen LogP contribution in [0.3, 0.4) is 0 Å². The summed E-state index contributed by atoms with van der Waals surface area (Å²) in [5, 5.41) is 0. The summed E-state index contributed by atoms with van der Waals surface area (Å²) < 4.78 is 36.4. The quantitative estimate of drug-likeness (QED) is 0.794. The highest BCUT2D eigenvalue weighted by molar-refractivity contribution is 5.72. The van der Waals surface area contributed by atoms with Crippen molar-refractivity contribution < 1.29 is 23.0 Å². The van der Waals surface area contributed by atoms with Crippen molar-refractivity contribution >= 4 is 5.97 Å². The van der Waals surface area contributed by atoms with Crippen molar-refractivity contribution in [3.63, 3.8) is 0 Å². The Hall–Kier alpha value is -2.43. The van der Waals surface area contributed by atoms with E-state index in [0.717, 1.165) is 23.8 Å². The van der Waals surface area contributed by atoms with Crippen LogP contribution in [0.25, 0.3) is 0 Å². The monoisotopic (exact) mass is 292 g/mol. The molecule has 0 radical (unpaired) electrons. The van der Waals surface area contributed by atoms with Gasteiger partial charge in [0.2, 0.25) is 0 Å². The number of rotatable bonds is 5. The Morgan fingerprint density at radius 2 is 1.81 bits per heavy atom. The topological polar surface area (TPSA) is 35.5 Å². The molecular weight excluding hydrogens is 278 g/mol. The molecule has 5 heteroatoms. The van der Waals surface area contributed by atoms with Gasteiger partial charge in [0.05, 0.1) is 13.5 Å². The zero-order valence-electron chi connectivity index (χ0n) is 11.4. The van der Waals surface area contributed by atoms with Crippen LogP contribution in [0, 0.1) is 11.6 Å². The molecule has 2 aromatic rings. The molecule has 2 rings (SSSR count). The molecule has 0 bridgehead atoms. The number of benzene rings is 2. The molecule has 0 amide bonds. The van der Waals surface area contributed by atoms with Crippen molar-refractivity contribution in [3.05, 3.63) is 65.2 Å². The fraction of sp³-hybridized carbons (Fsp3) is 0.188. The van der Waals surface area contributed by atoms with E-state index in [1.165, 1.54) is 7.11 Å². The van der Waals surface area contributed by atoms with Crippen molar-refractivity contribution in [2.24, 2.45) is 0 Å². The van der Waals surface area contributed by atoms with Crippen LogP contribution >= 0.6 is 0 Å². The van der Waals surface area contributed by atoms with Crippen molar-refractivity contribution in [1.82, 2.24) is 0 Å². The molecular formula is C16H14F2O3. The Bertz CT molecular complexity index is 641. The highest BCUT2D eigenvalue weighted by Crippen LogP contribution is 2.20. The van der Waals surface area contributed by atoms with Gasteiger partial charge in [-0.2, -0.15) is 0 Å². The van der Waals surface area contributed by atoms with Gasteiger partial charge in [-0.3, -0.25) is 4.79 Å². The minimum Gasteiger partial charge on any atom is -0.486 e. The first-order valence-corrected chi connectivity index (χ1v) is 6.31. The average Bonchev–Trinajstić information content (AvgIpc) is 2.49. The summed E-state index contributed by atoms with van der Waals surface area (Å²) in [4.78, 5) is 11.3. The Morgan fingerprint density at radius 1 is 1.10 bits per heavy atom. The van der Waals surface area contributed by atoms with E-state index >= 15 is 0 Å². The van der Waals surface area contributed by atoms with E-state index in [2.05, 4.69) is 4.74 Å². The van der Waals surface area contributed by atoms with Crippen LogP contribution in [0.5, 0.6) is 5.75 Å². The predicted octanol–water partition coefficient (Wildman–Crippen LogP) is 3.26. The second kappa shape index (κ2) is 6.83. The molecule has 21 heavy (non-hydrogen) atoms. The van der Waals surface area contributed by atoms with Gasteiger partial charge in [-0.05, 0) is 23.3 Å². The fourth-order valence-corrected chi connectivity index (χ4v) is 1.84. The molecule has 0 aliphatic carbocycles. The standard InChI is InChI=1S/C16H14F2O3/c1-20-16(19)8-11-4-2-3-5-12(11)10-21-15-9-13(17)6-7-14(15)18/h2-7,9H,8,10H2,1H3. The third-order valence-corrected chi connectivity index (χ3v) is 2.96. The Kier molecular flexibility index (Phi) is 4.87. The molecule has 0 aromatic heterocycles. The van der Waals surface area contributed by atoms with E-state index in [0.29, 0.717) is 5.56 Å². The minimum absolute atomic E-state index is 0.0353. The third-order valence-electron chi connectivity index (χ3n) is 2.96. The van der Waals surface area contributed by atoms with Crippen LogP contribution in [0.4, 0.5) is 8.78 Å². The first kappa shape index (κ1) is 15.0. The highest BCUT2D eigenvalue weighted by atomic mass is 19.1. The van der Waals surface area contributed by atoms with Gasteiger partial charge in [0.15, 0.2) is 11.6 Å². The summed E-state index contributed by atoms with van der Waals surface area (Å²) in [5.41, 5.74) is 1.44. The van der Waals surface area contributed by atoms with Gasteiger partial charge in [0, 0.05) is 6.07 Å². The van der Waals surface area contributed by atoms with Gasteiger partial charge in [-0.1, -0.05) is 24.3 Å². The first-order chi connectivity index (χ1) is 10.1. The molecule has 0 fully saturated rings. The summed E-state index contributed by atoms with van der Waals surface area (Å²) in [5.74, 6) is -1.75. The van der Waals surface area contributed by atoms with Gasteiger partial charge < -0.3 is 9.47 Å². The summed E-state index contributed by atoms with van der Waals surface area (Å²) in [7, 11) is 1.31. The molecule has 0 atom stereocenters. The SMILES string of the molecule is COC(=O)Cc1ccccc1COc1cc(F)ccc1F. The number of methoxy groups -OCH3 is 1. The van der Waals surface area contributed by atoms with Gasteiger partial charge in [-0.25, -0.2) is 8.78 Å². The lowest BCUT2D eigenvalue weighted by molar-refractivity contribution is -0.139. The van der Waals surface area contributed by atoms with E-state index in [1.54, 1.807) is 24.3 Å². The van der Waals surface area contributed by atoms with Crippen LogP contribution in [-0.4, -0.2) is 13.1 Å². The maximum absolute atomic E-state index is 13.5. The van der Waals surface area contributed by atoms with Crippen molar-refractivity contribution in [1.29, 1.82) is 0 Å². The van der Waals surface area contributed by atoms with E-state index in [9.17, 15) is 13.6 Å². The van der Waals surface area contributed by atoms with Gasteiger partial charge >= 0.3 is 5.97 Å². The molecule has 2 aromatic carbocycles. The Balaban J connectivity index is 2.13. The van der Waals surface area contributed by atoms with Gasteiger partial charge in [0.25, 0.3) is 0 Å².